The number of thiol groups is 1. The first-order chi connectivity index (χ1) is 9.81. The lowest BCUT2D eigenvalue weighted by Crippen LogP contribution is -2.45. The van der Waals surface area contributed by atoms with Crippen molar-refractivity contribution in [2.24, 2.45) is 0 Å². The quantitative estimate of drug-likeness (QED) is 0.648. The van der Waals surface area contributed by atoms with Crippen molar-refractivity contribution >= 4 is 24.7 Å². The predicted octanol–water partition coefficient (Wildman–Crippen LogP) is 2.55. The summed E-state index contributed by atoms with van der Waals surface area (Å²) in [7, 11) is 0. The number of carbonyl (C=O) groups is 2. The van der Waals surface area contributed by atoms with Crippen molar-refractivity contribution in [3.63, 3.8) is 0 Å². The first kappa shape index (κ1) is 17.4. The SMILES string of the molecule is CC(C)(C)OC(=O)[C@@H](CS)NC(=O)OCc1ccccc1. The van der Waals surface area contributed by atoms with Gasteiger partial charge in [0.2, 0.25) is 0 Å². The van der Waals surface area contributed by atoms with Crippen LogP contribution in [0.5, 0.6) is 0 Å². The molecular formula is C15H21NO4S. The third-order valence-corrected chi connectivity index (χ3v) is 2.74. The number of amides is 1. The summed E-state index contributed by atoms with van der Waals surface area (Å²) < 4.78 is 10.2. The van der Waals surface area contributed by atoms with E-state index < -0.39 is 23.7 Å². The number of rotatable bonds is 5. The minimum absolute atomic E-state index is 0.134. The van der Waals surface area contributed by atoms with Gasteiger partial charge in [-0.2, -0.15) is 12.6 Å². The molecule has 0 heterocycles. The highest BCUT2D eigenvalue weighted by molar-refractivity contribution is 7.80. The van der Waals surface area contributed by atoms with Crippen LogP contribution in [0.2, 0.25) is 0 Å². The molecule has 116 valence electrons. The van der Waals surface area contributed by atoms with E-state index in [0.29, 0.717) is 0 Å². The summed E-state index contributed by atoms with van der Waals surface area (Å²) in [6.07, 6.45) is -0.677. The van der Waals surface area contributed by atoms with Gasteiger partial charge in [0.25, 0.3) is 0 Å². The molecule has 0 aliphatic rings. The molecule has 0 bridgehead atoms. The third-order valence-electron chi connectivity index (χ3n) is 2.38. The molecule has 1 atom stereocenters. The molecule has 0 fully saturated rings. The van der Waals surface area contributed by atoms with Gasteiger partial charge in [-0.15, -0.1) is 0 Å². The molecule has 1 rings (SSSR count). The Morgan fingerprint density at radius 2 is 1.86 bits per heavy atom. The number of nitrogens with one attached hydrogen (secondary N) is 1. The van der Waals surface area contributed by atoms with Crippen LogP contribution < -0.4 is 5.32 Å². The number of hydrogen-bond acceptors (Lipinski definition) is 5. The van der Waals surface area contributed by atoms with Crippen molar-refractivity contribution in [3.8, 4) is 0 Å². The van der Waals surface area contributed by atoms with E-state index in [1.807, 2.05) is 30.3 Å². The first-order valence-corrected chi connectivity index (χ1v) is 7.26. The van der Waals surface area contributed by atoms with E-state index in [9.17, 15) is 9.59 Å². The standard InChI is InChI=1S/C15H21NO4S/c1-15(2,3)20-13(17)12(10-21)16-14(18)19-9-11-7-5-4-6-8-11/h4-8,12,21H,9-10H2,1-3H3,(H,16,18)/t12-/m1/s1. The predicted molar refractivity (Wildman–Crippen MR) is 83.2 cm³/mol. The molecule has 0 radical (unpaired) electrons. The highest BCUT2D eigenvalue weighted by Gasteiger charge is 2.26. The highest BCUT2D eigenvalue weighted by atomic mass is 32.1. The fraction of sp³-hybridized carbons (Fsp3) is 0.467. The van der Waals surface area contributed by atoms with Crippen LogP contribution in [0.4, 0.5) is 4.79 Å². The Morgan fingerprint density at radius 3 is 2.38 bits per heavy atom. The Balaban J connectivity index is 2.45. The molecule has 1 amide bonds. The molecule has 0 saturated heterocycles. The summed E-state index contributed by atoms with van der Waals surface area (Å²) in [5.74, 6) is -0.399. The molecule has 0 aromatic heterocycles. The van der Waals surface area contributed by atoms with Gasteiger partial charge in [0, 0.05) is 5.75 Å². The van der Waals surface area contributed by atoms with Crippen LogP contribution in [0.15, 0.2) is 30.3 Å². The van der Waals surface area contributed by atoms with E-state index in [-0.39, 0.29) is 12.4 Å². The second kappa shape index (κ2) is 7.93. The van der Waals surface area contributed by atoms with Gasteiger partial charge >= 0.3 is 12.1 Å². The van der Waals surface area contributed by atoms with Crippen molar-refractivity contribution in [2.75, 3.05) is 5.75 Å². The van der Waals surface area contributed by atoms with Crippen molar-refractivity contribution in [3.05, 3.63) is 35.9 Å². The largest absolute Gasteiger partial charge is 0.458 e. The van der Waals surface area contributed by atoms with Crippen LogP contribution >= 0.6 is 12.6 Å². The van der Waals surface area contributed by atoms with Crippen LogP contribution in [-0.2, 0) is 20.9 Å². The summed E-state index contributed by atoms with van der Waals surface area (Å²) >= 11 is 4.05. The number of hydrogen-bond donors (Lipinski definition) is 2. The van der Waals surface area contributed by atoms with Crippen molar-refractivity contribution < 1.29 is 19.1 Å². The molecule has 0 aliphatic carbocycles. The van der Waals surface area contributed by atoms with E-state index in [2.05, 4.69) is 17.9 Å². The van der Waals surface area contributed by atoms with Gasteiger partial charge in [-0.3, -0.25) is 0 Å². The molecule has 0 unspecified atom stereocenters. The fourth-order valence-electron chi connectivity index (χ4n) is 1.46. The zero-order valence-corrected chi connectivity index (χ0v) is 13.4. The summed E-state index contributed by atoms with van der Waals surface area (Å²) in [5.41, 5.74) is 0.251. The molecular weight excluding hydrogens is 290 g/mol. The molecule has 6 heteroatoms. The van der Waals surface area contributed by atoms with Gasteiger partial charge in [-0.25, -0.2) is 9.59 Å². The average Bonchev–Trinajstić information content (AvgIpc) is 2.41. The lowest BCUT2D eigenvalue weighted by atomic mass is 10.2. The van der Waals surface area contributed by atoms with E-state index >= 15 is 0 Å². The molecule has 5 nitrogen and oxygen atoms in total. The summed E-state index contributed by atoms with van der Waals surface area (Å²) in [5, 5.41) is 2.45. The molecule has 1 aromatic rings. The van der Waals surface area contributed by atoms with Crippen LogP contribution in [0.3, 0.4) is 0 Å². The minimum atomic E-state index is -0.837. The van der Waals surface area contributed by atoms with E-state index in [0.717, 1.165) is 5.56 Å². The summed E-state index contributed by atoms with van der Waals surface area (Å²) in [6, 6.07) is 8.44. The number of carbonyl (C=O) groups excluding carboxylic acids is 2. The Kier molecular flexibility index (Phi) is 6.55. The number of ether oxygens (including phenoxy) is 2. The van der Waals surface area contributed by atoms with E-state index in [1.165, 1.54) is 0 Å². The maximum absolute atomic E-state index is 11.9. The molecule has 1 N–H and O–H groups in total. The number of esters is 1. The molecule has 0 aliphatic heterocycles. The van der Waals surface area contributed by atoms with E-state index in [4.69, 9.17) is 9.47 Å². The van der Waals surface area contributed by atoms with Gasteiger partial charge in [0.1, 0.15) is 18.2 Å². The number of benzene rings is 1. The third kappa shape index (κ3) is 7.04. The van der Waals surface area contributed by atoms with Gasteiger partial charge < -0.3 is 14.8 Å². The van der Waals surface area contributed by atoms with Crippen molar-refractivity contribution in [1.29, 1.82) is 0 Å². The Labute approximate surface area is 130 Å². The maximum atomic E-state index is 11.9. The lowest BCUT2D eigenvalue weighted by Gasteiger charge is -2.23. The molecule has 0 saturated carbocycles. The zero-order valence-electron chi connectivity index (χ0n) is 12.5. The Morgan fingerprint density at radius 1 is 1.24 bits per heavy atom. The van der Waals surface area contributed by atoms with Gasteiger partial charge in [-0.1, -0.05) is 30.3 Å². The number of alkyl carbamates (subject to hydrolysis) is 1. The zero-order chi connectivity index (χ0) is 15.9. The minimum Gasteiger partial charge on any atom is -0.458 e. The second-order valence-corrected chi connectivity index (χ2v) is 5.84. The summed E-state index contributed by atoms with van der Waals surface area (Å²) in [4.78, 5) is 23.5. The van der Waals surface area contributed by atoms with E-state index in [1.54, 1.807) is 20.8 Å². The summed E-state index contributed by atoms with van der Waals surface area (Å²) in [6.45, 7) is 5.41. The van der Waals surface area contributed by atoms with Gasteiger partial charge in [0.05, 0.1) is 0 Å². The van der Waals surface area contributed by atoms with Gasteiger partial charge in [0.15, 0.2) is 0 Å². The smallest absolute Gasteiger partial charge is 0.408 e. The molecule has 21 heavy (non-hydrogen) atoms. The van der Waals surface area contributed by atoms with Crippen molar-refractivity contribution in [2.45, 2.75) is 39.0 Å². The lowest BCUT2D eigenvalue weighted by molar-refractivity contribution is -0.156. The van der Waals surface area contributed by atoms with Crippen LogP contribution in [0, 0.1) is 0 Å². The maximum Gasteiger partial charge on any atom is 0.408 e. The Bertz CT molecular complexity index is 470. The first-order valence-electron chi connectivity index (χ1n) is 6.63. The normalized spacial score (nSPS) is 12.4. The van der Waals surface area contributed by atoms with Crippen LogP contribution in [0.1, 0.15) is 26.3 Å². The Hall–Kier alpha value is -1.69. The topological polar surface area (TPSA) is 64.6 Å². The molecule has 1 aromatic carbocycles. The fourth-order valence-corrected chi connectivity index (χ4v) is 1.70. The monoisotopic (exact) mass is 311 g/mol. The molecule has 0 spiro atoms. The van der Waals surface area contributed by atoms with Crippen molar-refractivity contribution in [1.82, 2.24) is 5.32 Å². The van der Waals surface area contributed by atoms with Crippen LogP contribution in [-0.4, -0.2) is 29.5 Å². The second-order valence-electron chi connectivity index (χ2n) is 5.47. The highest BCUT2D eigenvalue weighted by Crippen LogP contribution is 2.09. The average molecular weight is 311 g/mol. The van der Waals surface area contributed by atoms with Gasteiger partial charge in [-0.05, 0) is 26.3 Å². The van der Waals surface area contributed by atoms with Crippen LogP contribution in [0.25, 0.3) is 0 Å².